The van der Waals surface area contributed by atoms with Crippen LogP contribution in [0, 0.1) is 0 Å². The van der Waals surface area contributed by atoms with E-state index in [9.17, 15) is 15.0 Å². The van der Waals surface area contributed by atoms with Crippen molar-refractivity contribution in [3.05, 3.63) is 23.3 Å². The Hall–Kier alpha value is -1.71. The van der Waals surface area contributed by atoms with E-state index in [2.05, 4.69) is 0 Å². The molecular formula is C12H16O4. The van der Waals surface area contributed by atoms with Crippen LogP contribution in [0.4, 0.5) is 0 Å². The highest BCUT2D eigenvalue weighted by Crippen LogP contribution is 2.28. The first-order valence-electron chi connectivity index (χ1n) is 8.74. The molecule has 1 rings (SSSR count). The van der Waals surface area contributed by atoms with Crippen molar-refractivity contribution in [3.63, 3.8) is 0 Å². The lowest BCUT2D eigenvalue weighted by atomic mass is 10.00. The van der Waals surface area contributed by atoms with Crippen molar-refractivity contribution in [2.45, 2.75) is 32.4 Å². The second-order valence-electron chi connectivity index (χ2n) is 2.91. The average molecular weight is 233 g/mol. The van der Waals surface area contributed by atoms with Gasteiger partial charge < -0.3 is 15.3 Å². The molecule has 88 valence electrons. The number of aromatic carboxylic acids is 1. The van der Waals surface area contributed by atoms with Gasteiger partial charge in [-0.15, -0.1) is 0 Å². The molecule has 0 amide bonds. The monoisotopic (exact) mass is 233 g/mol. The van der Waals surface area contributed by atoms with E-state index in [0.29, 0.717) is 6.07 Å². The highest BCUT2D eigenvalue weighted by molar-refractivity contribution is 5.92. The maximum absolute atomic E-state index is 11.2. The van der Waals surface area contributed by atoms with E-state index in [1.807, 2.05) is 0 Å². The zero-order chi connectivity index (χ0) is 20.0. The molecule has 0 radical (unpaired) electrons. The zero-order valence-corrected chi connectivity index (χ0v) is 8.11. The van der Waals surface area contributed by atoms with Crippen molar-refractivity contribution in [2.75, 3.05) is 0 Å². The Morgan fingerprint density at radius 1 is 1.44 bits per heavy atom. The number of carboxylic acids is 1. The standard InChI is InChI=1S/C12H16O4/c1-2-3-4-5-8-6-9(13)7-10(14)11(8)12(15)16/h6-7,13-14H,2-5H2,1H3,(H,15,16)/i1D3,2D2,3D2,4D2. The van der Waals surface area contributed by atoms with Gasteiger partial charge in [-0.05, 0) is 24.4 Å². The van der Waals surface area contributed by atoms with Crippen molar-refractivity contribution in [1.29, 1.82) is 0 Å². The third-order valence-corrected chi connectivity index (χ3v) is 1.83. The van der Waals surface area contributed by atoms with Gasteiger partial charge in [0, 0.05) is 18.4 Å². The first-order valence-corrected chi connectivity index (χ1v) is 4.24. The van der Waals surface area contributed by atoms with Crippen LogP contribution < -0.4 is 0 Å². The molecule has 0 bridgehead atoms. The lowest BCUT2D eigenvalue weighted by Gasteiger charge is -2.08. The SMILES string of the molecule is [2H]C([2H])([2H])C([2H])([2H])C([2H])([2H])C([2H])([2H])Cc1cc(O)cc(O)c1C(=O)O. The van der Waals surface area contributed by atoms with Crippen molar-refractivity contribution in [2.24, 2.45) is 0 Å². The number of carbonyl (C=O) groups is 1. The third kappa shape index (κ3) is 2.89. The van der Waals surface area contributed by atoms with Gasteiger partial charge in [0.25, 0.3) is 0 Å². The summed E-state index contributed by atoms with van der Waals surface area (Å²) in [6, 6.07) is 1.47. The van der Waals surface area contributed by atoms with Crippen LogP contribution in [0.3, 0.4) is 0 Å². The lowest BCUT2D eigenvalue weighted by Crippen LogP contribution is -2.03. The quantitative estimate of drug-likeness (QED) is 0.730. The van der Waals surface area contributed by atoms with Gasteiger partial charge in [-0.1, -0.05) is 19.6 Å². The number of hydrogen-bond donors (Lipinski definition) is 3. The summed E-state index contributed by atoms with van der Waals surface area (Å²) in [5.41, 5.74) is -1.31. The van der Waals surface area contributed by atoms with Crippen LogP contribution in [0.5, 0.6) is 11.5 Å². The predicted octanol–water partition coefficient (Wildman–Crippen LogP) is 2.53. The van der Waals surface area contributed by atoms with E-state index < -0.39 is 61.0 Å². The van der Waals surface area contributed by atoms with Crippen LogP contribution >= 0.6 is 0 Å². The molecule has 0 fully saturated rings. The molecule has 0 heterocycles. The molecular weight excluding hydrogens is 208 g/mol. The van der Waals surface area contributed by atoms with Gasteiger partial charge in [-0.3, -0.25) is 0 Å². The number of rotatable bonds is 5. The summed E-state index contributed by atoms with van der Waals surface area (Å²) in [5, 5.41) is 28.2. The van der Waals surface area contributed by atoms with Gasteiger partial charge in [-0.25, -0.2) is 4.79 Å². The van der Waals surface area contributed by atoms with Gasteiger partial charge in [0.2, 0.25) is 0 Å². The molecule has 0 aliphatic heterocycles. The number of benzene rings is 1. The van der Waals surface area contributed by atoms with Crippen molar-refractivity contribution in [1.82, 2.24) is 0 Å². The summed E-state index contributed by atoms with van der Waals surface area (Å²) in [5.74, 6) is -3.19. The van der Waals surface area contributed by atoms with Crippen LogP contribution in [0.15, 0.2) is 12.1 Å². The molecule has 0 aliphatic carbocycles. The Balaban J connectivity index is 3.46. The maximum atomic E-state index is 11.2. The highest BCUT2D eigenvalue weighted by atomic mass is 16.4. The second-order valence-corrected chi connectivity index (χ2v) is 2.91. The molecule has 4 nitrogen and oxygen atoms in total. The molecule has 1 aromatic rings. The Morgan fingerprint density at radius 2 is 2.19 bits per heavy atom. The molecule has 16 heavy (non-hydrogen) atoms. The van der Waals surface area contributed by atoms with E-state index in [-0.39, 0.29) is 0 Å². The summed E-state index contributed by atoms with van der Waals surface area (Å²) in [7, 11) is 0. The van der Waals surface area contributed by atoms with E-state index in [1.54, 1.807) is 0 Å². The number of phenolic OH excluding ortho intramolecular Hbond substituents is 1. The fourth-order valence-electron chi connectivity index (χ4n) is 1.24. The molecule has 0 aromatic heterocycles. The smallest absolute Gasteiger partial charge is 0.339 e. The van der Waals surface area contributed by atoms with E-state index in [0.717, 1.165) is 6.07 Å². The minimum absolute atomic E-state index is 0.514. The first-order chi connectivity index (χ1) is 11.0. The third-order valence-electron chi connectivity index (χ3n) is 1.83. The topological polar surface area (TPSA) is 77.8 Å². The Labute approximate surface area is 107 Å². The fraction of sp³-hybridized carbons (Fsp3) is 0.417. The minimum Gasteiger partial charge on any atom is -0.508 e. The molecule has 0 aliphatic rings. The van der Waals surface area contributed by atoms with Crippen molar-refractivity contribution < 1.29 is 32.5 Å². The normalized spacial score (nSPS) is 22.1. The maximum Gasteiger partial charge on any atom is 0.339 e. The Kier molecular flexibility index (Phi) is 1.57. The van der Waals surface area contributed by atoms with Crippen molar-refractivity contribution >= 4 is 5.97 Å². The van der Waals surface area contributed by atoms with Crippen LogP contribution in [0.25, 0.3) is 0 Å². The van der Waals surface area contributed by atoms with Crippen LogP contribution in [-0.2, 0) is 6.42 Å². The summed E-state index contributed by atoms with van der Waals surface area (Å²) < 4.78 is 67.4. The lowest BCUT2D eigenvalue weighted by molar-refractivity contribution is 0.0692. The summed E-state index contributed by atoms with van der Waals surface area (Å²) in [6.45, 7) is -3.49. The molecule has 4 heteroatoms. The molecule has 0 saturated heterocycles. The molecule has 3 N–H and O–H groups in total. The van der Waals surface area contributed by atoms with Crippen LogP contribution in [-0.4, -0.2) is 21.3 Å². The molecule has 1 aromatic carbocycles. The Morgan fingerprint density at radius 3 is 2.81 bits per heavy atom. The molecule has 0 unspecified atom stereocenters. The fourth-order valence-corrected chi connectivity index (χ4v) is 1.24. The number of carboxylic acid groups (broad SMARTS) is 1. The summed E-state index contributed by atoms with van der Waals surface area (Å²) in [4.78, 5) is 11.2. The van der Waals surface area contributed by atoms with Crippen LogP contribution in [0.1, 0.15) is 54.2 Å². The van der Waals surface area contributed by atoms with Gasteiger partial charge in [0.1, 0.15) is 17.1 Å². The van der Waals surface area contributed by atoms with Gasteiger partial charge in [-0.2, -0.15) is 0 Å². The zero-order valence-electron chi connectivity index (χ0n) is 17.1. The van der Waals surface area contributed by atoms with Crippen LogP contribution in [0.2, 0.25) is 0 Å². The Bertz CT molecular complexity index is 682. The predicted molar refractivity (Wildman–Crippen MR) is 60.0 cm³/mol. The number of phenols is 2. The molecule has 0 atom stereocenters. The summed E-state index contributed by atoms with van der Waals surface area (Å²) >= 11 is 0. The number of hydrogen-bond acceptors (Lipinski definition) is 3. The minimum atomic E-state index is -3.59. The number of aryl methyl sites for hydroxylation is 1. The van der Waals surface area contributed by atoms with E-state index in [1.165, 1.54) is 0 Å². The van der Waals surface area contributed by atoms with Gasteiger partial charge >= 0.3 is 5.97 Å². The highest BCUT2D eigenvalue weighted by Gasteiger charge is 2.16. The molecule has 0 spiro atoms. The van der Waals surface area contributed by atoms with Gasteiger partial charge in [0.05, 0.1) is 0 Å². The van der Waals surface area contributed by atoms with E-state index in [4.69, 9.17) is 17.4 Å². The summed E-state index contributed by atoms with van der Waals surface area (Å²) in [6.07, 6.45) is -11.4. The first kappa shape index (κ1) is 4.65. The largest absolute Gasteiger partial charge is 0.508 e. The number of aromatic hydroxyl groups is 2. The van der Waals surface area contributed by atoms with E-state index >= 15 is 0 Å². The molecule has 0 saturated carbocycles. The average Bonchev–Trinajstić information content (AvgIpc) is 2.34. The van der Waals surface area contributed by atoms with Crippen molar-refractivity contribution in [3.8, 4) is 11.5 Å². The van der Waals surface area contributed by atoms with Gasteiger partial charge in [0.15, 0.2) is 0 Å². The second kappa shape index (κ2) is 5.39.